The standard InChI is InChI=1S/C22H25N3O2/c1-23-20(26)17-7-4-5-16(13-17)15-24-21-22(9-11-27-12-10-22)14-18-6-2-3-8-19(18)25-21/h2-8,13H,9-12,14-15H2,1H3,(H,23,26)(H,24,25). The molecule has 27 heavy (non-hydrogen) atoms. The molecule has 0 bridgehead atoms. The summed E-state index contributed by atoms with van der Waals surface area (Å²) in [6, 6.07) is 16.1. The van der Waals surface area contributed by atoms with Crippen LogP contribution in [0.5, 0.6) is 0 Å². The average molecular weight is 363 g/mol. The maximum atomic E-state index is 11.9. The lowest BCUT2D eigenvalue weighted by molar-refractivity contribution is 0.0448. The van der Waals surface area contributed by atoms with Gasteiger partial charge in [0.15, 0.2) is 0 Å². The minimum atomic E-state index is -0.0740. The van der Waals surface area contributed by atoms with Crippen LogP contribution in [0.3, 0.4) is 0 Å². The van der Waals surface area contributed by atoms with Gasteiger partial charge in [0.25, 0.3) is 5.91 Å². The van der Waals surface area contributed by atoms with E-state index in [2.05, 4.69) is 34.9 Å². The van der Waals surface area contributed by atoms with Gasteiger partial charge in [-0.3, -0.25) is 9.79 Å². The van der Waals surface area contributed by atoms with Crippen LogP contribution in [0.2, 0.25) is 0 Å². The van der Waals surface area contributed by atoms with Crippen molar-refractivity contribution in [2.45, 2.75) is 25.8 Å². The molecule has 0 radical (unpaired) electrons. The summed E-state index contributed by atoms with van der Waals surface area (Å²) in [5.41, 5.74) is 4.21. The first-order valence-corrected chi connectivity index (χ1v) is 9.49. The largest absolute Gasteiger partial charge is 0.381 e. The molecule has 2 N–H and O–H groups in total. The molecule has 1 amide bonds. The molecule has 4 rings (SSSR count). The zero-order chi connectivity index (χ0) is 18.7. The Labute approximate surface area is 159 Å². The SMILES string of the molecule is CNC(=O)c1cccc(CN=C2Nc3ccccc3CC23CCOCC3)c1. The van der Waals surface area contributed by atoms with Gasteiger partial charge in [-0.15, -0.1) is 0 Å². The van der Waals surface area contributed by atoms with Gasteiger partial charge < -0.3 is 15.4 Å². The summed E-state index contributed by atoms with van der Waals surface area (Å²) < 4.78 is 5.62. The Morgan fingerprint density at radius 1 is 1.19 bits per heavy atom. The molecule has 5 nitrogen and oxygen atoms in total. The second-order valence-electron chi connectivity index (χ2n) is 7.30. The number of para-hydroxylation sites is 1. The molecular formula is C22H25N3O2. The van der Waals surface area contributed by atoms with Crippen LogP contribution in [-0.2, 0) is 17.7 Å². The van der Waals surface area contributed by atoms with Gasteiger partial charge >= 0.3 is 0 Å². The third-order valence-corrected chi connectivity index (χ3v) is 5.59. The second kappa shape index (κ2) is 7.53. The van der Waals surface area contributed by atoms with E-state index in [1.54, 1.807) is 7.05 Å². The number of nitrogens with one attached hydrogen (secondary N) is 2. The summed E-state index contributed by atoms with van der Waals surface area (Å²) in [5.74, 6) is 0.977. The quantitative estimate of drug-likeness (QED) is 0.878. The molecule has 0 unspecified atom stereocenters. The lowest BCUT2D eigenvalue weighted by Gasteiger charge is -2.42. The van der Waals surface area contributed by atoms with Crippen molar-refractivity contribution in [2.24, 2.45) is 10.4 Å². The highest BCUT2D eigenvalue weighted by Gasteiger charge is 2.41. The van der Waals surface area contributed by atoms with Gasteiger partial charge in [0, 0.05) is 36.9 Å². The Kier molecular flexibility index (Phi) is 4.94. The zero-order valence-electron chi connectivity index (χ0n) is 15.6. The Bertz CT molecular complexity index is 869. The van der Waals surface area contributed by atoms with E-state index in [1.165, 1.54) is 5.56 Å². The molecule has 2 aliphatic rings. The Morgan fingerprint density at radius 2 is 2.00 bits per heavy atom. The van der Waals surface area contributed by atoms with Crippen molar-refractivity contribution in [2.75, 3.05) is 25.6 Å². The lowest BCUT2D eigenvalue weighted by atomic mass is 9.71. The van der Waals surface area contributed by atoms with Crippen molar-refractivity contribution in [1.29, 1.82) is 0 Å². The van der Waals surface area contributed by atoms with E-state index in [9.17, 15) is 4.79 Å². The number of amides is 1. The number of nitrogens with zero attached hydrogens (tertiary/aromatic N) is 1. The number of hydrogen-bond donors (Lipinski definition) is 2. The van der Waals surface area contributed by atoms with E-state index >= 15 is 0 Å². The third-order valence-electron chi connectivity index (χ3n) is 5.59. The molecule has 2 aromatic rings. The summed E-state index contributed by atoms with van der Waals surface area (Å²) in [6.07, 6.45) is 2.95. The number of fused-ring (bicyclic) bond motifs is 1. The van der Waals surface area contributed by atoms with Crippen LogP contribution in [0.4, 0.5) is 5.69 Å². The predicted octanol–water partition coefficient (Wildman–Crippen LogP) is 3.41. The Morgan fingerprint density at radius 3 is 2.81 bits per heavy atom. The molecule has 0 saturated carbocycles. The first-order chi connectivity index (χ1) is 13.2. The molecule has 1 saturated heterocycles. The molecule has 2 aliphatic heterocycles. The summed E-state index contributed by atoms with van der Waals surface area (Å²) in [5, 5.41) is 6.26. The monoisotopic (exact) mass is 363 g/mol. The molecule has 0 aliphatic carbocycles. The molecule has 2 heterocycles. The van der Waals surface area contributed by atoms with Gasteiger partial charge in [-0.05, 0) is 48.6 Å². The first-order valence-electron chi connectivity index (χ1n) is 9.49. The van der Waals surface area contributed by atoms with E-state index in [0.717, 1.165) is 49.6 Å². The lowest BCUT2D eigenvalue weighted by Crippen LogP contribution is -2.45. The maximum absolute atomic E-state index is 11.9. The van der Waals surface area contributed by atoms with Crippen LogP contribution in [-0.4, -0.2) is 32.0 Å². The van der Waals surface area contributed by atoms with E-state index in [-0.39, 0.29) is 11.3 Å². The molecule has 1 fully saturated rings. The van der Waals surface area contributed by atoms with Crippen molar-refractivity contribution in [3.8, 4) is 0 Å². The van der Waals surface area contributed by atoms with Crippen LogP contribution < -0.4 is 10.6 Å². The number of carbonyl (C=O) groups excluding carboxylic acids is 1. The molecule has 1 spiro atoms. The summed E-state index contributed by atoms with van der Waals surface area (Å²) in [4.78, 5) is 16.9. The van der Waals surface area contributed by atoms with Gasteiger partial charge in [0.2, 0.25) is 0 Å². The summed E-state index contributed by atoms with van der Waals surface area (Å²) >= 11 is 0. The zero-order valence-corrected chi connectivity index (χ0v) is 15.6. The fraction of sp³-hybridized carbons (Fsp3) is 0.364. The van der Waals surface area contributed by atoms with Gasteiger partial charge in [0.05, 0.1) is 6.54 Å². The van der Waals surface area contributed by atoms with Crippen molar-refractivity contribution in [3.05, 3.63) is 65.2 Å². The number of carbonyl (C=O) groups is 1. The van der Waals surface area contributed by atoms with Crippen molar-refractivity contribution in [1.82, 2.24) is 5.32 Å². The van der Waals surface area contributed by atoms with Gasteiger partial charge in [0.1, 0.15) is 5.84 Å². The van der Waals surface area contributed by atoms with Crippen molar-refractivity contribution >= 4 is 17.4 Å². The Balaban J connectivity index is 1.63. The minimum absolute atomic E-state index is 0.0189. The highest BCUT2D eigenvalue weighted by atomic mass is 16.5. The number of benzene rings is 2. The van der Waals surface area contributed by atoms with Crippen LogP contribution in [0.25, 0.3) is 0 Å². The third kappa shape index (κ3) is 3.60. The van der Waals surface area contributed by atoms with E-state index in [0.29, 0.717) is 12.1 Å². The first kappa shape index (κ1) is 17.7. The van der Waals surface area contributed by atoms with Crippen LogP contribution in [0.1, 0.15) is 34.3 Å². The van der Waals surface area contributed by atoms with Gasteiger partial charge in [-0.2, -0.15) is 0 Å². The molecule has 5 heteroatoms. The van der Waals surface area contributed by atoms with Crippen molar-refractivity contribution in [3.63, 3.8) is 0 Å². The molecule has 2 aromatic carbocycles. The van der Waals surface area contributed by atoms with E-state index < -0.39 is 0 Å². The number of ether oxygens (including phenoxy) is 1. The van der Waals surface area contributed by atoms with Crippen molar-refractivity contribution < 1.29 is 9.53 Å². The number of aliphatic imine (C=N–C) groups is 1. The minimum Gasteiger partial charge on any atom is -0.381 e. The predicted molar refractivity (Wildman–Crippen MR) is 107 cm³/mol. The number of amidine groups is 1. The molecular weight excluding hydrogens is 338 g/mol. The topological polar surface area (TPSA) is 62.7 Å². The average Bonchev–Trinajstić information content (AvgIpc) is 2.72. The summed E-state index contributed by atoms with van der Waals surface area (Å²) in [7, 11) is 1.65. The molecule has 0 atom stereocenters. The summed E-state index contributed by atoms with van der Waals surface area (Å²) in [6.45, 7) is 2.10. The number of anilines is 1. The van der Waals surface area contributed by atoms with E-state index in [1.807, 2.05) is 24.3 Å². The number of hydrogen-bond acceptors (Lipinski definition) is 3. The molecule has 0 aromatic heterocycles. The van der Waals surface area contributed by atoms with Gasteiger partial charge in [-0.1, -0.05) is 30.3 Å². The van der Waals surface area contributed by atoms with E-state index in [4.69, 9.17) is 9.73 Å². The van der Waals surface area contributed by atoms with Crippen LogP contribution in [0.15, 0.2) is 53.5 Å². The van der Waals surface area contributed by atoms with Crippen LogP contribution >= 0.6 is 0 Å². The number of rotatable bonds is 3. The highest BCUT2D eigenvalue weighted by Crippen LogP contribution is 2.41. The normalized spacial score (nSPS) is 19.4. The maximum Gasteiger partial charge on any atom is 0.251 e. The van der Waals surface area contributed by atoms with Crippen LogP contribution in [0, 0.1) is 5.41 Å². The Hall–Kier alpha value is -2.66. The smallest absolute Gasteiger partial charge is 0.251 e. The second-order valence-corrected chi connectivity index (χ2v) is 7.30. The highest BCUT2D eigenvalue weighted by molar-refractivity contribution is 6.02. The molecule has 140 valence electrons. The fourth-order valence-electron chi connectivity index (χ4n) is 4.01. The fourth-order valence-corrected chi connectivity index (χ4v) is 4.01. The van der Waals surface area contributed by atoms with Gasteiger partial charge in [-0.25, -0.2) is 0 Å².